The Hall–Kier alpha value is -1.65. The van der Waals surface area contributed by atoms with E-state index in [-0.39, 0.29) is 6.10 Å². The molecule has 0 saturated carbocycles. The highest BCUT2D eigenvalue weighted by Crippen LogP contribution is 2.26. The van der Waals surface area contributed by atoms with Crippen molar-refractivity contribution in [3.8, 4) is 5.75 Å². The van der Waals surface area contributed by atoms with Crippen LogP contribution in [0.4, 0.5) is 0 Å². The molecule has 112 valence electrons. The Bertz CT molecular complexity index is 615. The number of aromatic nitrogens is 1. The predicted molar refractivity (Wildman–Crippen MR) is 83.8 cm³/mol. The fourth-order valence-electron chi connectivity index (χ4n) is 2.80. The van der Waals surface area contributed by atoms with Crippen LogP contribution in [0.5, 0.6) is 5.75 Å². The number of hydrogen-bond acceptors (Lipinski definition) is 4. The summed E-state index contributed by atoms with van der Waals surface area (Å²) in [4.78, 5) is 4.59. The zero-order chi connectivity index (χ0) is 14.7. The SMILES string of the molecule is CNCC1CCC(COc2cccc3ccc(C)nc23)O1. The van der Waals surface area contributed by atoms with Crippen LogP contribution in [0.15, 0.2) is 30.3 Å². The molecule has 21 heavy (non-hydrogen) atoms. The molecule has 0 amide bonds. The van der Waals surface area contributed by atoms with Gasteiger partial charge in [0.15, 0.2) is 0 Å². The van der Waals surface area contributed by atoms with Gasteiger partial charge < -0.3 is 14.8 Å². The van der Waals surface area contributed by atoms with Gasteiger partial charge in [0.1, 0.15) is 17.9 Å². The summed E-state index contributed by atoms with van der Waals surface area (Å²) in [6.07, 6.45) is 2.66. The molecule has 2 atom stereocenters. The molecular formula is C17H22N2O2. The molecule has 2 heterocycles. The normalized spacial score (nSPS) is 21.8. The zero-order valence-electron chi connectivity index (χ0n) is 12.6. The highest BCUT2D eigenvalue weighted by molar-refractivity contribution is 5.84. The number of nitrogens with one attached hydrogen (secondary N) is 1. The lowest BCUT2D eigenvalue weighted by molar-refractivity contribution is 0.0196. The molecule has 0 bridgehead atoms. The largest absolute Gasteiger partial charge is 0.489 e. The van der Waals surface area contributed by atoms with Crippen LogP contribution in [0, 0.1) is 6.92 Å². The maximum absolute atomic E-state index is 5.98. The van der Waals surface area contributed by atoms with E-state index in [1.54, 1.807) is 0 Å². The van der Waals surface area contributed by atoms with Crippen LogP contribution in [0.3, 0.4) is 0 Å². The molecule has 1 aliphatic heterocycles. The monoisotopic (exact) mass is 286 g/mol. The Kier molecular flexibility index (Phi) is 4.36. The Labute approximate surface area is 125 Å². The van der Waals surface area contributed by atoms with Crippen molar-refractivity contribution in [3.63, 3.8) is 0 Å². The maximum atomic E-state index is 5.98. The standard InChI is InChI=1S/C17H22N2O2/c1-12-6-7-13-4-3-5-16(17(13)19-12)20-11-15-9-8-14(21-15)10-18-2/h3-7,14-15,18H,8-11H2,1-2H3. The van der Waals surface area contributed by atoms with Crippen LogP contribution in [-0.2, 0) is 4.74 Å². The number of rotatable bonds is 5. The van der Waals surface area contributed by atoms with E-state index in [9.17, 15) is 0 Å². The Morgan fingerprint density at radius 2 is 2.10 bits per heavy atom. The number of fused-ring (bicyclic) bond motifs is 1. The summed E-state index contributed by atoms with van der Waals surface area (Å²) < 4.78 is 11.9. The number of ether oxygens (including phenoxy) is 2. The predicted octanol–water partition coefficient (Wildman–Crippen LogP) is 2.69. The molecule has 1 aromatic heterocycles. The van der Waals surface area contributed by atoms with Gasteiger partial charge in [0.25, 0.3) is 0 Å². The van der Waals surface area contributed by atoms with E-state index in [0.29, 0.717) is 12.7 Å². The van der Waals surface area contributed by atoms with Crippen molar-refractivity contribution in [2.75, 3.05) is 20.2 Å². The molecule has 1 N–H and O–H groups in total. The Morgan fingerprint density at radius 1 is 1.24 bits per heavy atom. The summed E-state index contributed by atoms with van der Waals surface area (Å²) in [6, 6.07) is 10.2. The van der Waals surface area contributed by atoms with Crippen molar-refractivity contribution < 1.29 is 9.47 Å². The molecule has 4 heteroatoms. The van der Waals surface area contributed by atoms with Crippen molar-refractivity contribution in [2.45, 2.75) is 32.0 Å². The molecule has 1 aliphatic rings. The second-order valence-corrected chi connectivity index (χ2v) is 5.61. The van der Waals surface area contributed by atoms with Crippen LogP contribution >= 0.6 is 0 Å². The minimum absolute atomic E-state index is 0.184. The van der Waals surface area contributed by atoms with E-state index < -0.39 is 0 Å². The van der Waals surface area contributed by atoms with Crippen LogP contribution in [-0.4, -0.2) is 37.4 Å². The lowest BCUT2D eigenvalue weighted by Crippen LogP contribution is -2.25. The molecule has 4 nitrogen and oxygen atoms in total. The first-order valence-electron chi connectivity index (χ1n) is 7.55. The van der Waals surface area contributed by atoms with E-state index in [1.807, 2.05) is 32.2 Å². The minimum Gasteiger partial charge on any atom is -0.489 e. The Balaban J connectivity index is 1.67. The van der Waals surface area contributed by atoms with Gasteiger partial charge in [-0.05, 0) is 38.9 Å². The van der Waals surface area contributed by atoms with Crippen LogP contribution in [0.1, 0.15) is 18.5 Å². The van der Waals surface area contributed by atoms with Crippen LogP contribution in [0.2, 0.25) is 0 Å². The highest BCUT2D eigenvalue weighted by atomic mass is 16.5. The number of hydrogen-bond donors (Lipinski definition) is 1. The number of likely N-dealkylation sites (N-methyl/N-ethyl adjacent to an activating group) is 1. The van der Waals surface area contributed by atoms with Gasteiger partial charge in [0.05, 0.1) is 12.2 Å². The van der Waals surface area contributed by atoms with Gasteiger partial charge in [-0.2, -0.15) is 0 Å². The first kappa shape index (κ1) is 14.3. The summed E-state index contributed by atoms with van der Waals surface area (Å²) in [7, 11) is 1.96. The molecule has 1 saturated heterocycles. The summed E-state index contributed by atoms with van der Waals surface area (Å²) in [5, 5.41) is 4.27. The first-order chi connectivity index (χ1) is 10.3. The third kappa shape index (κ3) is 3.34. The van der Waals surface area contributed by atoms with Crippen molar-refractivity contribution in [3.05, 3.63) is 36.0 Å². The van der Waals surface area contributed by atoms with E-state index in [1.165, 1.54) is 0 Å². The highest BCUT2D eigenvalue weighted by Gasteiger charge is 2.25. The quantitative estimate of drug-likeness (QED) is 0.918. The summed E-state index contributed by atoms with van der Waals surface area (Å²) in [6.45, 7) is 3.50. The summed E-state index contributed by atoms with van der Waals surface area (Å²) >= 11 is 0. The van der Waals surface area contributed by atoms with Crippen molar-refractivity contribution in [1.29, 1.82) is 0 Å². The van der Waals surface area contributed by atoms with Gasteiger partial charge >= 0.3 is 0 Å². The summed E-state index contributed by atoms with van der Waals surface area (Å²) in [5.41, 5.74) is 1.94. The maximum Gasteiger partial charge on any atom is 0.145 e. The first-order valence-corrected chi connectivity index (χ1v) is 7.55. The van der Waals surface area contributed by atoms with Crippen molar-refractivity contribution in [1.82, 2.24) is 10.3 Å². The van der Waals surface area contributed by atoms with E-state index in [0.717, 1.165) is 41.7 Å². The second kappa shape index (κ2) is 6.41. The third-order valence-corrected chi connectivity index (χ3v) is 3.87. The number of benzene rings is 1. The van der Waals surface area contributed by atoms with Crippen molar-refractivity contribution >= 4 is 10.9 Å². The van der Waals surface area contributed by atoms with Crippen LogP contribution in [0.25, 0.3) is 10.9 Å². The van der Waals surface area contributed by atoms with E-state index in [4.69, 9.17) is 9.47 Å². The molecule has 1 fully saturated rings. The molecule has 2 aromatic rings. The van der Waals surface area contributed by atoms with E-state index in [2.05, 4.69) is 22.4 Å². The lowest BCUT2D eigenvalue weighted by Gasteiger charge is -2.15. The summed E-state index contributed by atoms with van der Waals surface area (Å²) in [5.74, 6) is 0.844. The van der Waals surface area contributed by atoms with Crippen LogP contribution < -0.4 is 10.1 Å². The fourth-order valence-corrected chi connectivity index (χ4v) is 2.80. The number of aryl methyl sites for hydroxylation is 1. The molecule has 1 aromatic carbocycles. The van der Waals surface area contributed by atoms with E-state index >= 15 is 0 Å². The Morgan fingerprint density at radius 3 is 2.95 bits per heavy atom. The van der Waals surface area contributed by atoms with Gasteiger partial charge in [-0.3, -0.25) is 0 Å². The molecule has 2 unspecified atom stereocenters. The number of pyridine rings is 1. The lowest BCUT2D eigenvalue weighted by atomic mass is 10.2. The smallest absolute Gasteiger partial charge is 0.145 e. The van der Waals surface area contributed by atoms with Gasteiger partial charge in [-0.25, -0.2) is 4.98 Å². The average Bonchev–Trinajstić information content (AvgIpc) is 2.93. The second-order valence-electron chi connectivity index (χ2n) is 5.61. The molecule has 0 radical (unpaired) electrons. The van der Waals surface area contributed by atoms with Crippen molar-refractivity contribution in [2.24, 2.45) is 0 Å². The fraction of sp³-hybridized carbons (Fsp3) is 0.471. The van der Waals surface area contributed by atoms with Gasteiger partial charge in [0, 0.05) is 17.6 Å². The van der Waals surface area contributed by atoms with Gasteiger partial charge in [-0.15, -0.1) is 0 Å². The number of para-hydroxylation sites is 1. The van der Waals surface area contributed by atoms with Gasteiger partial charge in [-0.1, -0.05) is 18.2 Å². The number of nitrogens with zero attached hydrogens (tertiary/aromatic N) is 1. The molecule has 0 spiro atoms. The zero-order valence-corrected chi connectivity index (χ0v) is 12.6. The minimum atomic E-state index is 0.184. The molecular weight excluding hydrogens is 264 g/mol. The molecule has 3 rings (SSSR count). The van der Waals surface area contributed by atoms with Gasteiger partial charge in [0.2, 0.25) is 0 Å². The topological polar surface area (TPSA) is 43.4 Å². The molecule has 0 aliphatic carbocycles. The average molecular weight is 286 g/mol. The third-order valence-electron chi connectivity index (χ3n) is 3.87.